The lowest BCUT2D eigenvalue weighted by Gasteiger charge is -2.13. The monoisotopic (exact) mass is 318 g/mol. The Morgan fingerprint density at radius 3 is 2.57 bits per heavy atom. The molecule has 2 rings (SSSR count). The first kappa shape index (κ1) is 16.5. The normalized spacial score (nSPS) is 10.0. The van der Waals surface area contributed by atoms with E-state index in [1.54, 1.807) is 12.1 Å². The molecule has 2 aromatic carbocycles. The second-order valence-corrected chi connectivity index (χ2v) is 4.61. The predicted molar refractivity (Wildman–Crippen MR) is 80.5 cm³/mol. The van der Waals surface area contributed by atoms with Gasteiger partial charge in [-0.2, -0.15) is 0 Å². The van der Waals surface area contributed by atoms with E-state index < -0.39 is 11.8 Å². The molecule has 0 saturated carbocycles. The number of methoxy groups -OCH3 is 2. The van der Waals surface area contributed by atoms with Gasteiger partial charge in [0.1, 0.15) is 18.7 Å². The van der Waals surface area contributed by atoms with Crippen LogP contribution in [-0.2, 0) is 11.3 Å². The molecule has 0 aliphatic rings. The molecule has 120 valence electrons. The molecule has 0 aromatic heterocycles. The van der Waals surface area contributed by atoms with E-state index in [9.17, 15) is 14.0 Å². The highest BCUT2D eigenvalue weighted by atomic mass is 19.1. The predicted octanol–water partition coefficient (Wildman–Crippen LogP) is 3.01. The van der Waals surface area contributed by atoms with E-state index in [0.717, 1.165) is 6.07 Å². The Morgan fingerprint density at radius 2 is 1.91 bits per heavy atom. The zero-order valence-corrected chi connectivity index (χ0v) is 12.7. The summed E-state index contributed by atoms with van der Waals surface area (Å²) in [5, 5.41) is 0. The van der Waals surface area contributed by atoms with E-state index in [2.05, 4.69) is 4.74 Å². The third kappa shape index (κ3) is 3.85. The number of hydrogen-bond acceptors (Lipinski definition) is 5. The number of benzene rings is 2. The summed E-state index contributed by atoms with van der Waals surface area (Å²) in [4.78, 5) is 22.5. The van der Waals surface area contributed by atoms with Crippen LogP contribution in [0, 0.1) is 5.82 Å². The molecule has 0 atom stereocenters. The number of halogens is 1. The molecule has 5 nitrogen and oxygen atoms in total. The number of carbonyl (C=O) groups excluding carboxylic acids is 2. The first-order chi connectivity index (χ1) is 11.1. The summed E-state index contributed by atoms with van der Waals surface area (Å²) in [6.45, 7) is 0.0154. The van der Waals surface area contributed by atoms with Crippen LogP contribution < -0.4 is 9.47 Å². The zero-order chi connectivity index (χ0) is 16.8. The second kappa shape index (κ2) is 7.40. The Bertz CT molecular complexity index is 727. The molecule has 2 aromatic rings. The fourth-order valence-corrected chi connectivity index (χ4v) is 2.01. The minimum atomic E-state index is -0.647. The van der Waals surface area contributed by atoms with Crippen molar-refractivity contribution in [1.82, 2.24) is 0 Å². The Balaban J connectivity index is 2.24. The Hall–Kier alpha value is -2.89. The molecule has 0 amide bonds. The summed E-state index contributed by atoms with van der Waals surface area (Å²) < 4.78 is 28.7. The minimum absolute atomic E-state index is 0.0154. The molecule has 0 heterocycles. The average Bonchev–Trinajstić information content (AvgIpc) is 2.59. The highest BCUT2D eigenvalue weighted by Crippen LogP contribution is 2.28. The quantitative estimate of drug-likeness (QED) is 0.605. The third-order valence-corrected chi connectivity index (χ3v) is 3.18. The fraction of sp³-hybridized carbons (Fsp3) is 0.176. The molecule has 0 fully saturated rings. The van der Waals surface area contributed by atoms with Gasteiger partial charge in [-0.15, -0.1) is 0 Å². The van der Waals surface area contributed by atoms with Crippen LogP contribution in [0.4, 0.5) is 4.39 Å². The summed E-state index contributed by atoms with van der Waals surface area (Å²) in [6, 6.07) is 8.48. The minimum Gasteiger partial charge on any atom is -0.493 e. The largest absolute Gasteiger partial charge is 0.493 e. The Kier molecular flexibility index (Phi) is 5.30. The number of rotatable bonds is 6. The lowest BCUT2D eigenvalue weighted by molar-refractivity contribution is 0.0597. The van der Waals surface area contributed by atoms with Crippen molar-refractivity contribution in [3.8, 4) is 11.5 Å². The van der Waals surface area contributed by atoms with Gasteiger partial charge in [-0.05, 0) is 30.3 Å². The summed E-state index contributed by atoms with van der Waals surface area (Å²) >= 11 is 0. The Labute approximate surface area is 132 Å². The summed E-state index contributed by atoms with van der Waals surface area (Å²) in [5.74, 6) is -0.400. The van der Waals surface area contributed by atoms with Gasteiger partial charge < -0.3 is 14.2 Å². The van der Waals surface area contributed by atoms with Crippen LogP contribution in [0.3, 0.4) is 0 Å². The SMILES string of the molecule is COC(=O)c1cc(F)ccc1COc1ccc(C=O)cc1OC. The van der Waals surface area contributed by atoms with Crippen molar-refractivity contribution < 1.29 is 28.2 Å². The van der Waals surface area contributed by atoms with Crippen LogP contribution >= 0.6 is 0 Å². The van der Waals surface area contributed by atoms with Gasteiger partial charge in [0.15, 0.2) is 11.5 Å². The van der Waals surface area contributed by atoms with Gasteiger partial charge in [-0.3, -0.25) is 4.79 Å². The highest BCUT2D eigenvalue weighted by Gasteiger charge is 2.14. The van der Waals surface area contributed by atoms with Gasteiger partial charge in [-0.25, -0.2) is 9.18 Å². The van der Waals surface area contributed by atoms with Crippen molar-refractivity contribution in [2.24, 2.45) is 0 Å². The fourth-order valence-electron chi connectivity index (χ4n) is 2.01. The van der Waals surface area contributed by atoms with Crippen LogP contribution in [-0.4, -0.2) is 26.5 Å². The van der Waals surface area contributed by atoms with Crippen LogP contribution in [0.1, 0.15) is 26.3 Å². The topological polar surface area (TPSA) is 61.8 Å². The molecule has 0 N–H and O–H groups in total. The number of ether oxygens (including phenoxy) is 3. The van der Waals surface area contributed by atoms with E-state index in [4.69, 9.17) is 9.47 Å². The maximum Gasteiger partial charge on any atom is 0.338 e. The van der Waals surface area contributed by atoms with Crippen molar-refractivity contribution in [2.75, 3.05) is 14.2 Å². The third-order valence-electron chi connectivity index (χ3n) is 3.18. The van der Waals surface area contributed by atoms with Gasteiger partial charge in [-0.1, -0.05) is 6.07 Å². The molecule has 0 bridgehead atoms. The number of hydrogen-bond donors (Lipinski definition) is 0. The van der Waals surface area contributed by atoms with Crippen molar-refractivity contribution in [3.63, 3.8) is 0 Å². The van der Waals surface area contributed by atoms with Gasteiger partial charge in [0.2, 0.25) is 0 Å². The standard InChI is InChI=1S/C17H15FO5/c1-21-16-7-11(9-19)3-6-15(16)23-10-12-4-5-13(18)8-14(12)17(20)22-2/h3-9H,10H2,1-2H3. The van der Waals surface area contributed by atoms with Crippen molar-refractivity contribution in [1.29, 1.82) is 0 Å². The van der Waals surface area contributed by atoms with Crippen LogP contribution in [0.5, 0.6) is 11.5 Å². The molecule has 0 aliphatic carbocycles. The molecule has 0 aliphatic heterocycles. The number of aldehydes is 1. The van der Waals surface area contributed by atoms with E-state index in [1.807, 2.05) is 0 Å². The number of esters is 1. The van der Waals surface area contributed by atoms with Crippen LogP contribution in [0.2, 0.25) is 0 Å². The lowest BCUT2D eigenvalue weighted by Crippen LogP contribution is -2.09. The van der Waals surface area contributed by atoms with Gasteiger partial charge in [0.05, 0.1) is 19.8 Å². The molecule has 6 heteroatoms. The maximum atomic E-state index is 13.3. The van der Waals surface area contributed by atoms with Crippen LogP contribution in [0.25, 0.3) is 0 Å². The second-order valence-electron chi connectivity index (χ2n) is 4.61. The first-order valence-electron chi connectivity index (χ1n) is 6.71. The van der Waals surface area contributed by atoms with Gasteiger partial charge >= 0.3 is 5.97 Å². The molecule has 0 unspecified atom stereocenters. The maximum absolute atomic E-state index is 13.3. The molecule has 23 heavy (non-hydrogen) atoms. The van der Waals surface area contributed by atoms with E-state index >= 15 is 0 Å². The van der Waals surface area contributed by atoms with E-state index in [0.29, 0.717) is 28.9 Å². The zero-order valence-electron chi connectivity index (χ0n) is 12.7. The number of carbonyl (C=O) groups is 2. The van der Waals surface area contributed by atoms with E-state index in [-0.39, 0.29) is 12.2 Å². The molecule has 0 saturated heterocycles. The molecule has 0 radical (unpaired) electrons. The molecule has 0 spiro atoms. The Morgan fingerprint density at radius 1 is 1.13 bits per heavy atom. The molecular weight excluding hydrogens is 303 g/mol. The van der Waals surface area contributed by atoms with Crippen molar-refractivity contribution in [3.05, 3.63) is 58.9 Å². The van der Waals surface area contributed by atoms with Crippen molar-refractivity contribution in [2.45, 2.75) is 6.61 Å². The average molecular weight is 318 g/mol. The smallest absolute Gasteiger partial charge is 0.338 e. The first-order valence-corrected chi connectivity index (χ1v) is 6.71. The summed E-state index contributed by atoms with van der Waals surface area (Å²) in [5.41, 5.74) is 1.02. The highest BCUT2D eigenvalue weighted by molar-refractivity contribution is 5.91. The van der Waals surface area contributed by atoms with Crippen LogP contribution in [0.15, 0.2) is 36.4 Å². The van der Waals surface area contributed by atoms with Gasteiger partial charge in [0.25, 0.3) is 0 Å². The van der Waals surface area contributed by atoms with E-state index in [1.165, 1.54) is 32.4 Å². The van der Waals surface area contributed by atoms with Gasteiger partial charge in [0, 0.05) is 11.1 Å². The summed E-state index contributed by atoms with van der Waals surface area (Å²) in [7, 11) is 2.67. The summed E-state index contributed by atoms with van der Waals surface area (Å²) in [6.07, 6.45) is 0.696. The molecular formula is C17H15FO5. The lowest BCUT2D eigenvalue weighted by atomic mass is 10.1. The van der Waals surface area contributed by atoms with Crippen molar-refractivity contribution >= 4 is 12.3 Å².